The zero-order chi connectivity index (χ0) is 23.8. The van der Waals surface area contributed by atoms with E-state index >= 15 is 0 Å². The van der Waals surface area contributed by atoms with Gasteiger partial charge in [-0.25, -0.2) is 4.79 Å². The van der Waals surface area contributed by atoms with E-state index in [1.165, 1.54) is 0 Å². The summed E-state index contributed by atoms with van der Waals surface area (Å²) in [7, 11) is 0. The van der Waals surface area contributed by atoms with Crippen LogP contribution in [0.1, 0.15) is 43.2 Å². The highest BCUT2D eigenvalue weighted by molar-refractivity contribution is 7.98. The first kappa shape index (κ1) is 24.6. The van der Waals surface area contributed by atoms with Gasteiger partial charge >= 0.3 is 12.1 Å². The van der Waals surface area contributed by atoms with Gasteiger partial charge in [0.2, 0.25) is 5.91 Å². The molecule has 3 rings (SSSR count). The number of aliphatic carboxylic acids is 1. The average molecular weight is 471 g/mol. The van der Waals surface area contributed by atoms with Gasteiger partial charge in [0.25, 0.3) is 0 Å². The molecule has 2 unspecified atom stereocenters. The zero-order valence-electron chi connectivity index (χ0n) is 18.9. The molecule has 0 fully saturated rings. The van der Waals surface area contributed by atoms with Crippen molar-refractivity contribution in [1.29, 1.82) is 0 Å². The number of carbonyl (C=O) groups is 3. The van der Waals surface area contributed by atoms with Crippen LogP contribution in [-0.4, -0.2) is 53.8 Å². The summed E-state index contributed by atoms with van der Waals surface area (Å²) in [6.45, 7) is 1.92. The minimum Gasteiger partial charge on any atom is -0.481 e. The van der Waals surface area contributed by atoms with E-state index in [9.17, 15) is 14.4 Å². The maximum absolute atomic E-state index is 12.7. The second-order valence-corrected chi connectivity index (χ2v) is 9.13. The Morgan fingerprint density at radius 2 is 1.61 bits per heavy atom. The summed E-state index contributed by atoms with van der Waals surface area (Å²) in [6.07, 6.45) is 2.02. The number of hydrogen-bond acceptors (Lipinski definition) is 5. The van der Waals surface area contributed by atoms with Gasteiger partial charge in [0.1, 0.15) is 12.6 Å². The van der Waals surface area contributed by atoms with E-state index in [-0.39, 0.29) is 30.9 Å². The van der Waals surface area contributed by atoms with Gasteiger partial charge in [0, 0.05) is 18.4 Å². The maximum atomic E-state index is 12.7. The fourth-order valence-corrected chi connectivity index (χ4v) is 4.51. The lowest BCUT2D eigenvalue weighted by Crippen LogP contribution is -2.49. The monoisotopic (exact) mass is 470 g/mol. The molecule has 2 aromatic rings. The van der Waals surface area contributed by atoms with Crippen LogP contribution in [0.2, 0.25) is 0 Å². The molecule has 0 aliphatic heterocycles. The molecule has 1 aliphatic carbocycles. The predicted octanol–water partition coefficient (Wildman–Crippen LogP) is 4.02. The Kier molecular flexibility index (Phi) is 8.77. The molecule has 0 bridgehead atoms. The van der Waals surface area contributed by atoms with Gasteiger partial charge < -0.3 is 20.5 Å². The van der Waals surface area contributed by atoms with Gasteiger partial charge in [0.15, 0.2) is 0 Å². The molecule has 8 heteroatoms. The molecule has 3 N–H and O–H groups in total. The topological polar surface area (TPSA) is 105 Å². The van der Waals surface area contributed by atoms with E-state index in [1.807, 2.05) is 30.5 Å². The number of fused-ring (bicyclic) bond motifs is 3. The van der Waals surface area contributed by atoms with Gasteiger partial charge in [-0.2, -0.15) is 11.8 Å². The van der Waals surface area contributed by atoms with Crippen LogP contribution >= 0.6 is 11.8 Å². The Hall–Kier alpha value is -3.00. The van der Waals surface area contributed by atoms with Crippen molar-refractivity contribution >= 4 is 29.7 Å². The molecule has 2 aromatic carbocycles. The van der Waals surface area contributed by atoms with Crippen molar-refractivity contribution in [2.24, 2.45) is 0 Å². The number of rotatable bonds is 11. The second kappa shape index (κ2) is 11.7. The summed E-state index contributed by atoms with van der Waals surface area (Å²) in [5, 5.41) is 14.3. The first-order valence-electron chi connectivity index (χ1n) is 11.0. The number of carbonyl (C=O) groups excluding carboxylic acids is 2. The van der Waals surface area contributed by atoms with Crippen molar-refractivity contribution in [2.75, 3.05) is 18.6 Å². The molecule has 2 atom stereocenters. The average Bonchev–Trinajstić information content (AvgIpc) is 3.12. The molecule has 176 valence electrons. The molecule has 0 spiro atoms. The molecule has 1 aliphatic rings. The lowest BCUT2D eigenvalue weighted by atomic mass is 9.98. The standard InChI is InChI=1S/C25H30N2O5S/c1-16(11-12-23(28)29)26-24(30)22(13-14-33-2)27-25(31)32-15-21-19-9-5-3-7-17(19)18-8-4-6-10-20(18)21/h3-10,16,21-22H,11-15H2,1-2H3,(H,26,30)(H,27,31)(H,28,29). The number of alkyl carbamates (subject to hydrolysis) is 1. The van der Waals surface area contributed by atoms with Gasteiger partial charge in [-0.05, 0) is 54.0 Å². The smallest absolute Gasteiger partial charge is 0.407 e. The third-order valence-electron chi connectivity index (χ3n) is 5.74. The number of nitrogens with one attached hydrogen (secondary N) is 2. The van der Waals surface area contributed by atoms with Crippen LogP contribution in [-0.2, 0) is 14.3 Å². The van der Waals surface area contributed by atoms with Crippen LogP contribution in [0.25, 0.3) is 11.1 Å². The summed E-state index contributed by atoms with van der Waals surface area (Å²) in [5.74, 6) is -0.620. The van der Waals surface area contributed by atoms with Crippen molar-refractivity contribution in [2.45, 2.75) is 44.2 Å². The molecule has 0 aromatic heterocycles. The van der Waals surface area contributed by atoms with Crippen molar-refractivity contribution in [3.05, 3.63) is 59.7 Å². The Morgan fingerprint density at radius 3 is 2.18 bits per heavy atom. The lowest BCUT2D eigenvalue weighted by molar-refractivity contribution is -0.137. The van der Waals surface area contributed by atoms with Gasteiger partial charge in [0.05, 0.1) is 0 Å². The SMILES string of the molecule is CSCCC(NC(=O)OCC1c2ccccc2-c2ccccc21)C(=O)NC(C)CCC(=O)O. The largest absolute Gasteiger partial charge is 0.481 e. The van der Waals surface area contributed by atoms with Crippen molar-refractivity contribution in [3.8, 4) is 11.1 Å². The molecule has 7 nitrogen and oxygen atoms in total. The summed E-state index contributed by atoms with van der Waals surface area (Å²) >= 11 is 1.58. The fraction of sp³-hybridized carbons (Fsp3) is 0.400. The molecule has 0 heterocycles. The first-order valence-corrected chi connectivity index (χ1v) is 12.4. The first-order chi connectivity index (χ1) is 15.9. The highest BCUT2D eigenvalue weighted by Gasteiger charge is 2.30. The summed E-state index contributed by atoms with van der Waals surface area (Å²) < 4.78 is 5.57. The number of ether oxygens (including phenoxy) is 1. The van der Waals surface area contributed by atoms with E-state index in [2.05, 4.69) is 34.9 Å². The number of hydrogen-bond donors (Lipinski definition) is 3. The van der Waals surface area contributed by atoms with Crippen molar-refractivity contribution in [3.63, 3.8) is 0 Å². The van der Waals surface area contributed by atoms with Crippen LogP contribution in [0.4, 0.5) is 4.79 Å². The molecule has 0 saturated carbocycles. The molecule has 0 saturated heterocycles. The Labute approximate surface area is 198 Å². The van der Waals surface area contributed by atoms with Gasteiger partial charge in [-0.15, -0.1) is 0 Å². The minimum atomic E-state index is -0.910. The van der Waals surface area contributed by atoms with E-state index in [0.29, 0.717) is 18.6 Å². The summed E-state index contributed by atoms with van der Waals surface area (Å²) in [5.41, 5.74) is 4.54. The Balaban J connectivity index is 1.60. The summed E-state index contributed by atoms with van der Waals surface area (Å²) in [6, 6.07) is 15.1. The van der Waals surface area contributed by atoms with E-state index < -0.39 is 18.1 Å². The van der Waals surface area contributed by atoms with Crippen LogP contribution in [0.15, 0.2) is 48.5 Å². The van der Waals surface area contributed by atoms with E-state index in [4.69, 9.17) is 9.84 Å². The molecular weight excluding hydrogens is 440 g/mol. The lowest BCUT2D eigenvalue weighted by Gasteiger charge is -2.21. The van der Waals surface area contributed by atoms with E-state index in [0.717, 1.165) is 22.3 Å². The molecule has 33 heavy (non-hydrogen) atoms. The zero-order valence-corrected chi connectivity index (χ0v) is 19.7. The highest BCUT2D eigenvalue weighted by Crippen LogP contribution is 2.44. The Morgan fingerprint density at radius 1 is 1.00 bits per heavy atom. The second-order valence-electron chi connectivity index (χ2n) is 8.15. The summed E-state index contributed by atoms with van der Waals surface area (Å²) in [4.78, 5) is 36.1. The van der Waals surface area contributed by atoms with Crippen LogP contribution < -0.4 is 10.6 Å². The third-order valence-corrected chi connectivity index (χ3v) is 6.39. The van der Waals surface area contributed by atoms with Crippen LogP contribution in [0.5, 0.6) is 0 Å². The maximum Gasteiger partial charge on any atom is 0.407 e. The highest BCUT2D eigenvalue weighted by atomic mass is 32.2. The number of carboxylic acid groups (broad SMARTS) is 1. The van der Waals surface area contributed by atoms with E-state index in [1.54, 1.807) is 18.7 Å². The fourth-order valence-electron chi connectivity index (χ4n) is 4.04. The predicted molar refractivity (Wildman–Crippen MR) is 129 cm³/mol. The number of amides is 2. The van der Waals surface area contributed by atoms with Crippen molar-refractivity contribution < 1.29 is 24.2 Å². The third kappa shape index (κ3) is 6.51. The number of thioether (sulfide) groups is 1. The number of carboxylic acids is 1. The van der Waals surface area contributed by atoms with Crippen molar-refractivity contribution in [1.82, 2.24) is 10.6 Å². The van der Waals surface area contributed by atoms with Gasteiger partial charge in [-0.3, -0.25) is 9.59 Å². The van der Waals surface area contributed by atoms with Gasteiger partial charge in [-0.1, -0.05) is 48.5 Å². The quantitative estimate of drug-likeness (QED) is 0.458. The molecule has 2 amide bonds. The Bertz CT molecular complexity index is 951. The number of benzene rings is 2. The normalized spacial score (nSPS) is 14.0. The van der Waals surface area contributed by atoms with Crippen LogP contribution in [0, 0.1) is 0 Å². The molecule has 0 radical (unpaired) electrons. The minimum absolute atomic E-state index is 0.0310. The molecular formula is C25H30N2O5S. The van der Waals surface area contributed by atoms with Crippen LogP contribution in [0.3, 0.4) is 0 Å².